The molecule has 0 radical (unpaired) electrons. The van der Waals surface area contributed by atoms with E-state index in [2.05, 4.69) is 21.0 Å². The fraction of sp³-hybridized carbons (Fsp3) is 0.154. The summed E-state index contributed by atoms with van der Waals surface area (Å²) in [5.74, 6) is 4.60. The van der Waals surface area contributed by atoms with Gasteiger partial charge in [0.2, 0.25) is 0 Å². The molecule has 0 aliphatic heterocycles. The zero-order valence-corrected chi connectivity index (χ0v) is 12.3. The summed E-state index contributed by atoms with van der Waals surface area (Å²) in [5, 5.41) is 4.21. The number of nitrogens with zero attached hydrogens (tertiary/aromatic N) is 2. The Bertz CT molecular complexity index is 682. The minimum Gasteiger partial charge on any atom is -0.292 e. The van der Waals surface area contributed by atoms with Crippen LogP contribution < -0.4 is 16.8 Å². The first-order valence-electron chi connectivity index (χ1n) is 5.89. The largest absolute Gasteiger partial charge is 0.292 e. The molecule has 1 unspecified atom stereocenters. The van der Waals surface area contributed by atoms with Crippen LogP contribution in [0.2, 0.25) is 0 Å². The number of nitrogens with two attached hydrogens (primary N) is 1. The quantitative estimate of drug-likeness (QED) is 0.501. The number of carbonyl (C=O) groups is 1. The Morgan fingerprint density at radius 3 is 2.55 bits per heavy atom. The average Bonchev–Trinajstić information content (AvgIpc) is 2.47. The van der Waals surface area contributed by atoms with Crippen molar-refractivity contribution >= 4 is 21.8 Å². The fourth-order valence-corrected chi connectivity index (χ4v) is 1.97. The maximum absolute atomic E-state index is 11.8. The molecule has 104 valence electrons. The number of rotatable bonds is 3. The lowest BCUT2D eigenvalue weighted by molar-refractivity contribution is -0.124. The molecular formula is C13H13BrN4O2. The van der Waals surface area contributed by atoms with Crippen LogP contribution in [0.5, 0.6) is 0 Å². The Morgan fingerprint density at radius 2 is 1.95 bits per heavy atom. The number of amides is 1. The maximum Gasteiger partial charge on any atom is 0.267 e. The molecule has 0 aliphatic rings. The molecule has 0 fully saturated rings. The predicted molar refractivity (Wildman–Crippen MR) is 78.7 cm³/mol. The van der Waals surface area contributed by atoms with Crippen molar-refractivity contribution in [3.05, 3.63) is 51.2 Å². The second kappa shape index (κ2) is 5.98. The molecule has 1 amide bonds. The molecule has 2 rings (SSSR count). The number of aromatic nitrogens is 2. The van der Waals surface area contributed by atoms with Crippen molar-refractivity contribution in [2.75, 3.05) is 0 Å². The lowest BCUT2D eigenvalue weighted by atomic mass is 10.1. The van der Waals surface area contributed by atoms with Crippen molar-refractivity contribution < 1.29 is 4.79 Å². The van der Waals surface area contributed by atoms with E-state index >= 15 is 0 Å². The summed E-state index contributed by atoms with van der Waals surface area (Å²) in [6.45, 7) is 1.56. The first-order valence-corrected chi connectivity index (χ1v) is 6.68. The molecule has 1 aromatic heterocycles. The van der Waals surface area contributed by atoms with E-state index in [1.54, 1.807) is 13.0 Å². The average molecular weight is 337 g/mol. The highest BCUT2D eigenvalue weighted by molar-refractivity contribution is 9.10. The van der Waals surface area contributed by atoms with Gasteiger partial charge in [-0.25, -0.2) is 10.5 Å². The molecule has 3 N–H and O–H groups in total. The van der Waals surface area contributed by atoms with Crippen molar-refractivity contribution in [1.82, 2.24) is 15.2 Å². The van der Waals surface area contributed by atoms with E-state index in [0.29, 0.717) is 5.69 Å². The van der Waals surface area contributed by atoms with Crippen LogP contribution in [-0.2, 0) is 4.79 Å². The van der Waals surface area contributed by atoms with Crippen LogP contribution in [0.15, 0.2) is 45.7 Å². The maximum atomic E-state index is 11.8. The third-order valence-electron chi connectivity index (χ3n) is 2.85. The number of hydrazine groups is 1. The van der Waals surface area contributed by atoms with Crippen molar-refractivity contribution in [1.29, 1.82) is 0 Å². The molecule has 1 aromatic carbocycles. The predicted octanol–water partition coefficient (Wildman–Crippen LogP) is 1.22. The number of hydrogen-bond donors (Lipinski definition) is 2. The summed E-state index contributed by atoms with van der Waals surface area (Å²) in [5.41, 5.74) is 3.11. The van der Waals surface area contributed by atoms with E-state index < -0.39 is 11.9 Å². The lowest BCUT2D eigenvalue weighted by Crippen LogP contribution is -2.40. The van der Waals surface area contributed by atoms with Gasteiger partial charge in [-0.05, 0) is 25.1 Å². The van der Waals surface area contributed by atoms with E-state index in [1.165, 1.54) is 6.07 Å². The second-order valence-corrected chi connectivity index (χ2v) is 5.11. The summed E-state index contributed by atoms with van der Waals surface area (Å²) in [7, 11) is 0. The molecule has 7 heteroatoms. The van der Waals surface area contributed by atoms with E-state index in [4.69, 9.17) is 5.84 Å². The monoisotopic (exact) mass is 336 g/mol. The van der Waals surface area contributed by atoms with Crippen molar-refractivity contribution in [2.45, 2.75) is 13.0 Å². The number of nitrogens with one attached hydrogen (secondary N) is 1. The fourth-order valence-electron chi connectivity index (χ4n) is 1.71. The zero-order valence-electron chi connectivity index (χ0n) is 10.7. The second-order valence-electron chi connectivity index (χ2n) is 4.19. The highest BCUT2D eigenvalue weighted by Gasteiger charge is 2.16. The summed E-state index contributed by atoms with van der Waals surface area (Å²) >= 11 is 3.35. The molecular weight excluding hydrogens is 324 g/mol. The molecule has 0 bridgehead atoms. The molecule has 0 saturated carbocycles. The summed E-state index contributed by atoms with van der Waals surface area (Å²) in [6, 6.07) is 9.72. The first kappa shape index (κ1) is 14.4. The van der Waals surface area contributed by atoms with Gasteiger partial charge in [-0.3, -0.25) is 15.0 Å². The van der Waals surface area contributed by atoms with Crippen molar-refractivity contribution in [3.8, 4) is 11.3 Å². The molecule has 1 heterocycles. The Balaban J connectivity index is 2.45. The molecule has 0 spiro atoms. The van der Waals surface area contributed by atoms with Gasteiger partial charge in [0.15, 0.2) is 0 Å². The van der Waals surface area contributed by atoms with E-state index in [9.17, 15) is 9.59 Å². The Hall–Kier alpha value is -1.99. The van der Waals surface area contributed by atoms with Gasteiger partial charge >= 0.3 is 0 Å². The Morgan fingerprint density at radius 1 is 1.30 bits per heavy atom. The Kier molecular flexibility index (Phi) is 4.31. The van der Waals surface area contributed by atoms with Crippen LogP contribution in [0.25, 0.3) is 11.3 Å². The van der Waals surface area contributed by atoms with Gasteiger partial charge in [-0.1, -0.05) is 28.1 Å². The molecule has 6 nitrogen and oxygen atoms in total. The van der Waals surface area contributed by atoms with Crippen LogP contribution in [0.1, 0.15) is 13.0 Å². The Labute approximate surface area is 123 Å². The highest BCUT2D eigenvalue weighted by atomic mass is 79.9. The summed E-state index contributed by atoms with van der Waals surface area (Å²) in [4.78, 5) is 23.3. The van der Waals surface area contributed by atoms with Gasteiger partial charge in [0.25, 0.3) is 11.5 Å². The van der Waals surface area contributed by atoms with E-state index in [0.717, 1.165) is 14.7 Å². The molecule has 2 aromatic rings. The molecule has 20 heavy (non-hydrogen) atoms. The normalized spacial score (nSPS) is 11.9. The third kappa shape index (κ3) is 2.94. The van der Waals surface area contributed by atoms with Crippen LogP contribution in [-0.4, -0.2) is 15.7 Å². The molecule has 1 atom stereocenters. The van der Waals surface area contributed by atoms with Gasteiger partial charge < -0.3 is 0 Å². The van der Waals surface area contributed by atoms with Gasteiger partial charge in [0.05, 0.1) is 5.69 Å². The minimum atomic E-state index is -0.775. The van der Waals surface area contributed by atoms with Gasteiger partial charge in [0.1, 0.15) is 6.04 Å². The number of hydrogen-bond acceptors (Lipinski definition) is 4. The van der Waals surface area contributed by atoms with Crippen molar-refractivity contribution in [2.24, 2.45) is 5.84 Å². The molecule has 0 aliphatic carbocycles. The van der Waals surface area contributed by atoms with E-state index in [-0.39, 0.29) is 5.56 Å². The lowest BCUT2D eigenvalue weighted by Gasteiger charge is -2.13. The summed E-state index contributed by atoms with van der Waals surface area (Å²) in [6.07, 6.45) is 0. The van der Waals surface area contributed by atoms with Gasteiger partial charge in [0, 0.05) is 16.1 Å². The van der Waals surface area contributed by atoms with Gasteiger partial charge in [-0.2, -0.15) is 5.10 Å². The SMILES string of the molecule is CC(C(=O)NN)n1nc(-c2ccc(Br)cc2)ccc1=O. The van der Waals surface area contributed by atoms with Gasteiger partial charge in [-0.15, -0.1) is 0 Å². The zero-order chi connectivity index (χ0) is 14.7. The topological polar surface area (TPSA) is 90.0 Å². The third-order valence-corrected chi connectivity index (χ3v) is 3.38. The molecule has 0 saturated heterocycles. The van der Waals surface area contributed by atoms with Crippen LogP contribution >= 0.6 is 15.9 Å². The van der Waals surface area contributed by atoms with Crippen LogP contribution in [0, 0.1) is 0 Å². The van der Waals surface area contributed by atoms with Crippen LogP contribution in [0.4, 0.5) is 0 Å². The standard InChI is InChI=1S/C13H13BrN4O2/c1-8(13(20)16-15)18-12(19)7-6-11(17-18)9-2-4-10(14)5-3-9/h2-8H,15H2,1H3,(H,16,20). The van der Waals surface area contributed by atoms with Crippen molar-refractivity contribution in [3.63, 3.8) is 0 Å². The van der Waals surface area contributed by atoms with E-state index in [1.807, 2.05) is 29.7 Å². The first-order chi connectivity index (χ1) is 9.52. The number of halogens is 1. The highest BCUT2D eigenvalue weighted by Crippen LogP contribution is 2.19. The minimum absolute atomic E-state index is 0.359. The number of carbonyl (C=O) groups excluding carboxylic acids is 1. The smallest absolute Gasteiger partial charge is 0.267 e. The number of benzene rings is 1. The van der Waals surface area contributed by atoms with Crippen LogP contribution in [0.3, 0.4) is 0 Å². The summed E-state index contributed by atoms with van der Waals surface area (Å²) < 4.78 is 2.06.